The van der Waals surface area contributed by atoms with Gasteiger partial charge in [-0.05, 0) is 52.8 Å². The second kappa shape index (κ2) is 29.4. The first-order valence-corrected chi connectivity index (χ1v) is 23.9. The number of benzene rings is 4. The van der Waals surface area contributed by atoms with E-state index >= 15 is 0 Å². The molecule has 0 spiro atoms. The Morgan fingerprint density at radius 2 is 1.12 bits per heavy atom. The summed E-state index contributed by atoms with van der Waals surface area (Å²) in [6.07, 6.45) is 11.2. The van der Waals surface area contributed by atoms with Crippen molar-refractivity contribution in [2.24, 2.45) is 0 Å². The molecule has 18 heteroatoms. The van der Waals surface area contributed by atoms with Gasteiger partial charge >= 0.3 is 41.7 Å². The molecule has 3 saturated heterocycles. The van der Waals surface area contributed by atoms with E-state index in [1.165, 1.54) is 0 Å². The van der Waals surface area contributed by atoms with E-state index in [1.807, 2.05) is 137 Å². The number of amides is 2. The van der Waals surface area contributed by atoms with E-state index < -0.39 is 6.10 Å². The third kappa shape index (κ3) is 16.9. The summed E-state index contributed by atoms with van der Waals surface area (Å²) in [5.74, 6) is -0.191. The minimum absolute atomic E-state index is 0. The molecule has 0 aliphatic carbocycles. The number of nitrogens with zero attached hydrogens (tertiary/aromatic N) is 7. The first-order chi connectivity index (χ1) is 34.3. The predicted molar refractivity (Wildman–Crippen MR) is 276 cm³/mol. The zero-order valence-corrected chi connectivity index (χ0v) is 42.7. The summed E-state index contributed by atoms with van der Waals surface area (Å²) in [5.41, 5.74) is 7.07. The van der Waals surface area contributed by atoms with Crippen LogP contribution in [0.3, 0.4) is 0 Å². The number of Topliss-reactive ketones (excluding diaryl/α,β-unsaturated/α-hetero) is 1. The topological polar surface area (TPSA) is 193 Å². The maximum Gasteiger partial charge on any atom is 1.00 e. The second-order valence-electron chi connectivity index (χ2n) is 17.8. The molecule has 3 fully saturated rings. The number of aliphatic hydroxyl groups is 2. The van der Waals surface area contributed by atoms with Crippen LogP contribution >= 0.6 is 0 Å². The summed E-state index contributed by atoms with van der Waals surface area (Å²) in [4.78, 5) is 40.8. The number of likely N-dealkylation sites (tertiary alicyclic amines) is 2. The van der Waals surface area contributed by atoms with Crippen LogP contribution in [0, 0.1) is 0 Å². The maximum atomic E-state index is 12.5. The van der Waals surface area contributed by atoms with Crippen molar-refractivity contribution in [1.29, 1.82) is 0 Å². The van der Waals surface area contributed by atoms with Crippen LogP contribution in [0.2, 0.25) is 0 Å². The number of ketones is 1. The molecule has 73 heavy (non-hydrogen) atoms. The van der Waals surface area contributed by atoms with Crippen LogP contribution in [0.4, 0.5) is 9.59 Å². The zero-order chi connectivity index (χ0) is 48.5. The van der Waals surface area contributed by atoms with E-state index in [1.54, 1.807) is 28.4 Å². The zero-order valence-electron chi connectivity index (χ0n) is 41.7. The fourth-order valence-corrected chi connectivity index (χ4v) is 8.84. The molecule has 16 nitrogen and oxygen atoms in total. The molecule has 5 unspecified atom stereocenters. The van der Waals surface area contributed by atoms with Crippen LogP contribution in [0.1, 0.15) is 84.8 Å². The molecular formula is C55H66BN9NaO7. The van der Waals surface area contributed by atoms with E-state index in [2.05, 4.69) is 37.8 Å². The van der Waals surface area contributed by atoms with Crippen molar-refractivity contribution in [2.45, 2.75) is 83.0 Å². The molecule has 10 rings (SSSR count). The molecule has 3 aromatic heterocycles. The molecule has 5 atom stereocenters. The maximum absolute atomic E-state index is 12.5. The number of aromatic nitrogens is 6. The van der Waals surface area contributed by atoms with Gasteiger partial charge in [0.05, 0.1) is 49.8 Å². The van der Waals surface area contributed by atoms with Crippen molar-refractivity contribution >= 4 is 26.4 Å². The van der Waals surface area contributed by atoms with Gasteiger partial charge in [0.25, 0.3) is 0 Å². The van der Waals surface area contributed by atoms with Gasteiger partial charge in [-0.2, -0.15) is 15.3 Å². The molecule has 2 amide bonds. The number of H-pyrrole nitrogens is 1. The number of hydrogen-bond acceptors (Lipinski definition) is 11. The predicted octanol–water partition coefficient (Wildman–Crippen LogP) is 4.26. The smallest absolute Gasteiger partial charge is 1.00 e. The Kier molecular flexibility index (Phi) is 23.2. The Balaban J connectivity index is 0.000000251. The fourth-order valence-electron chi connectivity index (χ4n) is 8.84. The van der Waals surface area contributed by atoms with Crippen molar-refractivity contribution in [1.82, 2.24) is 44.9 Å². The van der Waals surface area contributed by atoms with E-state index in [4.69, 9.17) is 9.47 Å². The molecule has 0 saturated carbocycles. The van der Waals surface area contributed by atoms with Gasteiger partial charge in [0.1, 0.15) is 19.0 Å². The SMILES string of the molecule is C.O=C(OCc1ccccc1)N1CCC(O)C(c2cnn(Cc3ccccc3)c2)C1.O=C1CCN(C(=O)OCc2ccccc2)CC1c1cnn(Cc2ccccc2)c1.OC1CCNCC1c1cn[nH]c1.[B].[H-].[Na+]. The number of ether oxygens (including phenoxy) is 2. The minimum atomic E-state index is -0.498. The summed E-state index contributed by atoms with van der Waals surface area (Å²) in [6.45, 7) is 5.18. The molecule has 7 aromatic rings. The number of piperidine rings is 3. The first kappa shape index (κ1) is 57.6. The van der Waals surface area contributed by atoms with Crippen molar-refractivity contribution in [3.63, 3.8) is 0 Å². The van der Waals surface area contributed by atoms with Crippen molar-refractivity contribution < 1.29 is 65.1 Å². The van der Waals surface area contributed by atoms with E-state index in [0.717, 1.165) is 58.5 Å². The van der Waals surface area contributed by atoms with Crippen molar-refractivity contribution in [3.8, 4) is 0 Å². The first-order valence-electron chi connectivity index (χ1n) is 23.9. The summed E-state index contributed by atoms with van der Waals surface area (Å²) in [7, 11) is 0. The number of aromatic amines is 1. The van der Waals surface area contributed by atoms with Gasteiger partial charge < -0.3 is 36.2 Å². The molecular weight excluding hydrogens is 932 g/mol. The van der Waals surface area contributed by atoms with Crippen LogP contribution < -0.4 is 34.9 Å². The Hall–Kier alpha value is -6.34. The van der Waals surface area contributed by atoms with Gasteiger partial charge in [0.2, 0.25) is 0 Å². The molecule has 4 N–H and O–H groups in total. The number of rotatable bonds is 11. The molecule has 3 aliphatic rings. The van der Waals surface area contributed by atoms with Crippen molar-refractivity contribution in [3.05, 3.63) is 197 Å². The second-order valence-corrected chi connectivity index (χ2v) is 17.8. The minimum Gasteiger partial charge on any atom is -1.00 e. The van der Waals surface area contributed by atoms with E-state index in [0.29, 0.717) is 52.1 Å². The Morgan fingerprint density at radius 3 is 1.64 bits per heavy atom. The van der Waals surface area contributed by atoms with E-state index in [9.17, 15) is 24.6 Å². The monoisotopic (exact) mass is 999 g/mol. The van der Waals surface area contributed by atoms with Gasteiger partial charge in [-0.15, -0.1) is 0 Å². The summed E-state index contributed by atoms with van der Waals surface area (Å²) < 4.78 is 14.6. The van der Waals surface area contributed by atoms with Crippen LogP contribution in [0.25, 0.3) is 0 Å². The number of hydrogen-bond donors (Lipinski definition) is 4. The van der Waals surface area contributed by atoms with Crippen molar-refractivity contribution in [2.75, 3.05) is 39.3 Å². The average molecular weight is 999 g/mol. The number of aliphatic hydroxyl groups excluding tert-OH is 2. The largest absolute Gasteiger partial charge is 1.00 e. The Morgan fingerprint density at radius 1 is 0.630 bits per heavy atom. The normalized spacial score (nSPS) is 19.2. The van der Waals surface area contributed by atoms with E-state index in [-0.39, 0.29) is 102 Å². The average Bonchev–Trinajstić information content (AvgIpc) is 4.21. The van der Waals surface area contributed by atoms with Crippen LogP contribution in [0.5, 0.6) is 0 Å². The van der Waals surface area contributed by atoms with Gasteiger partial charge in [-0.3, -0.25) is 19.3 Å². The fraction of sp³-hybridized carbons (Fsp3) is 0.345. The van der Waals surface area contributed by atoms with Gasteiger partial charge in [0.15, 0.2) is 0 Å². The quantitative estimate of drug-likeness (QED) is 0.136. The third-order valence-corrected chi connectivity index (χ3v) is 12.8. The van der Waals surface area contributed by atoms with Crippen LogP contribution in [-0.2, 0) is 40.6 Å². The molecule has 0 bridgehead atoms. The van der Waals surface area contributed by atoms with Crippen LogP contribution in [0.15, 0.2) is 159 Å². The van der Waals surface area contributed by atoms with Crippen LogP contribution in [-0.4, -0.2) is 128 Å². The number of carbonyl (C=O) groups is 3. The van der Waals surface area contributed by atoms with Gasteiger partial charge in [0, 0.05) is 83.5 Å². The van der Waals surface area contributed by atoms with Gasteiger partial charge in [-0.25, -0.2) is 9.59 Å². The Labute approximate surface area is 453 Å². The molecule has 4 aromatic carbocycles. The summed E-state index contributed by atoms with van der Waals surface area (Å²) in [6, 6.07) is 39.3. The molecule has 6 heterocycles. The molecule has 3 aliphatic heterocycles. The molecule has 3 radical (unpaired) electrons. The van der Waals surface area contributed by atoms with Gasteiger partial charge in [-0.1, -0.05) is 129 Å². The Bertz CT molecular complexity index is 2690. The summed E-state index contributed by atoms with van der Waals surface area (Å²) in [5, 5.41) is 38.9. The summed E-state index contributed by atoms with van der Waals surface area (Å²) >= 11 is 0. The standard InChI is InChI=1S/C23H25N3O3.C23H23N3O3.C8H13N3O.CH4.B.Na.H/c2*27-22-11-12-25(23(28)29-17-19-9-5-2-6-10-19)16-21(22)20-13-24-26(15-20)14-18-7-3-1-4-8-18;12-8-1-2-9-5-7(8)6-3-10-11-4-6;;;;/h1-10,13,15,21-22,27H,11-12,14,16-17H2;1-10,13,15,21H,11-12,14,16-17H2;3-4,7-9,12H,1-2,5H2,(H,10,11);1H4;;;/q;;;;;+1;-1. The number of carbonyl (C=O) groups excluding carboxylic acids is 3. The molecule has 377 valence electrons. The number of nitrogens with one attached hydrogen (secondary N) is 2. The third-order valence-electron chi connectivity index (χ3n) is 12.8.